The molecule has 0 fully saturated rings. The monoisotopic (exact) mass is 417 g/mol. The highest BCUT2D eigenvalue weighted by atomic mass is 79.9. The molecule has 0 saturated carbocycles. The summed E-state index contributed by atoms with van der Waals surface area (Å²) in [6, 6.07) is 14.0. The van der Waals surface area contributed by atoms with Gasteiger partial charge >= 0.3 is 0 Å². The Morgan fingerprint density at radius 3 is 2.20 bits per heavy atom. The van der Waals surface area contributed by atoms with E-state index < -0.39 is 10.0 Å². The van der Waals surface area contributed by atoms with E-state index >= 15 is 0 Å². The number of hydrogen-bond donors (Lipinski definition) is 1. The number of hydrogen-bond acceptors (Lipinski definition) is 2. The minimum absolute atomic E-state index is 0.240. The molecule has 0 heterocycles. The molecule has 0 spiro atoms. The first-order valence-electron chi connectivity index (χ1n) is 5.92. The Bertz CT molecular complexity index is 699. The van der Waals surface area contributed by atoms with E-state index in [0.717, 1.165) is 10.0 Å². The Labute approximate surface area is 135 Å². The quantitative estimate of drug-likeness (QED) is 0.806. The highest BCUT2D eigenvalue weighted by Gasteiger charge is 2.20. The zero-order valence-electron chi connectivity index (χ0n) is 10.7. The van der Waals surface area contributed by atoms with Crippen LogP contribution in [-0.2, 0) is 10.0 Å². The van der Waals surface area contributed by atoms with Gasteiger partial charge in [-0.1, -0.05) is 40.2 Å². The molecule has 0 saturated heterocycles. The Morgan fingerprint density at radius 2 is 1.60 bits per heavy atom. The Kier molecular flexibility index (Phi) is 5.01. The van der Waals surface area contributed by atoms with Crippen molar-refractivity contribution in [3.63, 3.8) is 0 Å². The molecule has 2 aromatic rings. The first-order valence-corrected chi connectivity index (χ1v) is 8.99. The number of benzene rings is 2. The zero-order valence-corrected chi connectivity index (χ0v) is 14.7. The van der Waals surface area contributed by atoms with E-state index in [9.17, 15) is 8.42 Å². The second-order valence-electron chi connectivity index (χ2n) is 4.32. The maximum atomic E-state index is 12.4. The molecule has 20 heavy (non-hydrogen) atoms. The van der Waals surface area contributed by atoms with E-state index in [4.69, 9.17) is 0 Å². The molecular weight excluding hydrogens is 406 g/mol. The fraction of sp³-hybridized carbons (Fsp3) is 0.143. The van der Waals surface area contributed by atoms with Crippen LogP contribution in [0.4, 0.5) is 0 Å². The van der Waals surface area contributed by atoms with Gasteiger partial charge in [-0.15, -0.1) is 0 Å². The fourth-order valence-corrected chi connectivity index (χ4v) is 4.28. The van der Waals surface area contributed by atoms with Crippen molar-refractivity contribution in [2.45, 2.75) is 17.9 Å². The van der Waals surface area contributed by atoms with Crippen LogP contribution >= 0.6 is 31.9 Å². The van der Waals surface area contributed by atoms with Crippen LogP contribution in [0.5, 0.6) is 0 Å². The summed E-state index contributed by atoms with van der Waals surface area (Å²) in [6.45, 7) is 1.82. The summed E-state index contributed by atoms with van der Waals surface area (Å²) in [5.74, 6) is 0. The summed E-state index contributed by atoms with van der Waals surface area (Å²) in [6.07, 6.45) is 0. The van der Waals surface area contributed by atoms with Gasteiger partial charge in [0.2, 0.25) is 10.0 Å². The van der Waals surface area contributed by atoms with Crippen LogP contribution in [-0.4, -0.2) is 8.42 Å². The molecule has 1 unspecified atom stereocenters. The first kappa shape index (κ1) is 15.7. The van der Waals surface area contributed by atoms with E-state index in [0.29, 0.717) is 4.47 Å². The third-order valence-corrected chi connectivity index (χ3v) is 5.91. The van der Waals surface area contributed by atoms with Crippen LogP contribution in [0, 0.1) is 0 Å². The molecule has 106 valence electrons. The summed E-state index contributed by atoms with van der Waals surface area (Å²) < 4.78 is 28.9. The van der Waals surface area contributed by atoms with Gasteiger partial charge < -0.3 is 0 Å². The number of rotatable bonds is 4. The number of halogens is 2. The highest BCUT2D eigenvalue weighted by Crippen LogP contribution is 2.24. The third kappa shape index (κ3) is 3.69. The maximum Gasteiger partial charge on any atom is 0.242 e. The lowest BCUT2D eigenvalue weighted by atomic mass is 10.1. The Hall–Kier alpha value is -0.690. The van der Waals surface area contributed by atoms with E-state index in [1.807, 2.05) is 31.2 Å². The van der Waals surface area contributed by atoms with Crippen molar-refractivity contribution in [2.75, 3.05) is 0 Å². The molecule has 0 aromatic heterocycles. The van der Waals surface area contributed by atoms with Crippen LogP contribution in [0.15, 0.2) is 62.4 Å². The van der Waals surface area contributed by atoms with Crippen molar-refractivity contribution in [1.82, 2.24) is 4.72 Å². The smallest absolute Gasteiger partial charge is 0.207 e. The molecule has 1 N–H and O–H groups in total. The van der Waals surface area contributed by atoms with Gasteiger partial charge in [0, 0.05) is 15.0 Å². The standard InChI is InChI=1S/C14H13Br2NO2S/c1-10(11-6-8-12(15)9-7-11)17-20(18,19)14-5-3-2-4-13(14)16/h2-10,17H,1H3. The van der Waals surface area contributed by atoms with Crippen LogP contribution in [0.3, 0.4) is 0 Å². The molecule has 1 atom stereocenters. The van der Waals surface area contributed by atoms with Gasteiger partial charge in [-0.3, -0.25) is 0 Å². The average molecular weight is 419 g/mol. The molecular formula is C14H13Br2NO2S. The normalized spacial score (nSPS) is 13.2. The minimum Gasteiger partial charge on any atom is -0.207 e. The second-order valence-corrected chi connectivity index (χ2v) is 7.78. The second kappa shape index (κ2) is 6.39. The van der Waals surface area contributed by atoms with Gasteiger partial charge in [-0.2, -0.15) is 0 Å². The van der Waals surface area contributed by atoms with Crippen molar-refractivity contribution in [2.24, 2.45) is 0 Å². The van der Waals surface area contributed by atoms with E-state index in [1.54, 1.807) is 24.3 Å². The van der Waals surface area contributed by atoms with Gasteiger partial charge in [0.05, 0.1) is 4.90 Å². The predicted molar refractivity (Wildman–Crippen MR) is 87.0 cm³/mol. The third-order valence-electron chi connectivity index (χ3n) is 2.83. The molecule has 0 aliphatic carbocycles. The lowest BCUT2D eigenvalue weighted by Crippen LogP contribution is -2.27. The Balaban J connectivity index is 2.24. The van der Waals surface area contributed by atoms with E-state index in [-0.39, 0.29) is 10.9 Å². The molecule has 0 bridgehead atoms. The van der Waals surface area contributed by atoms with Crippen molar-refractivity contribution in [3.8, 4) is 0 Å². The van der Waals surface area contributed by atoms with Gasteiger partial charge in [0.25, 0.3) is 0 Å². The average Bonchev–Trinajstić information content (AvgIpc) is 2.39. The summed E-state index contributed by atoms with van der Waals surface area (Å²) in [5.41, 5.74) is 0.906. The lowest BCUT2D eigenvalue weighted by Gasteiger charge is -2.15. The topological polar surface area (TPSA) is 46.2 Å². The SMILES string of the molecule is CC(NS(=O)(=O)c1ccccc1Br)c1ccc(Br)cc1. The van der Waals surface area contributed by atoms with Crippen LogP contribution < -0.4 is 4.72 Å². The molecule has 0 amide bonds. The molecule has 6 heteroatoms. The number of sulfonamides is 1. The molecule has 0 aliphatic heterocycles. The zero-order chi connectivity index (χ0) is 14.8. The van der Waals surface area contributed by atoms with Gasteiger partial charge in [-0.25, -0.2) is 13.1 Å². The minimum atomic E-state index is -3.56. The summed E-state index contributed by atoms with van der Waals surface area (Å²) in [7, 11) is -3.56. The highest BCUT2D eigenvalue weighted by molar-refractivity contribution is 9.10. The Morgan fingerprint density at radius 1 is 1.00 bits per heavy atom. The predicted octanol–water partition coefficient (Wildman–Crippen LogP) is 4.25. The summed E-state index contributed by atoms with van der Waals surface area (Å²) >= 11 is 6.62. The van der Waals surface area contributed by atoms with Crippen molar-refractivity contribution < 1.29 is 8.42 Å². The van der Waals surface area contributed by atoms with E-state index in [1.165, 1.54) is 0 Å². The molecule has 3 nitrogen and oxygen atoms in total. The van der Waals surface area contributed by atoms with Gasteiger partial charge in [0.1, 0.15) is 0 Å². The fourth-order valence-electron chi connectivity index (χ4n) is 1.78. The van der Waals surface area contributed by atoms with Crippen LogP contribution in [0.25, 0.3) is 0 Å². The molecule has 2 aromatic carbocycles. The maximum absolute atomic E-state index is 12.4. The van der Waals surface area contributed by atoms with Crippen molar-refractivity contribution in [1.29, 1.82) is 0 Å². The van der Waals surface area contributed by atoms with Crippen LogP contribution in [0.2, 0.25) is 0 Å². The largest absolute Gasteiger partial charge is 0.242 e. The van der Waals surface area contributed by atoms with Gasteiger partial charge in [0.15, 0.2) is 0 Å². The van der Waals surface area contributed by atoms with E-state index in [2.05, 4.69) is 36.6 Å². The van der Waals surface area contributed by atoms with Crippen molar-refractivity contribution in [3.05, 3.63) is 63.0 Å². The molecule has 0 radical (unpaired) electrons. The summed E-state index contributed by atoms with van der Waals surface area (Å²) in [5, 5.41) is 0. The molecule has 0 aliphatic rings. The number of nitrogens with one attached hydrogen (secondary N) is 1. The first-order chi connectivity index (χ1) is 9.40. The lowest BCUT2D eigenvalue weighted by molar-refractivity contribution is 0.566. The van der Waals surface area contributed by atoms with Gasteiger partial charge in [-0.05, 0) is 52.7 Å². The van der Waals surface area contributed by atoms with Crippen LogP contribution in [0.1, 0.15) is 18.5 Å². The van der Waals surface area contributed by atoms with Crippen molar-refractivity contribution >= 4 is 41.9 Å². The summed E-state index contributed by atoms with van der Waals surface area (Å²) in [4.78, 5) is 0.240. The molecule has 2 rings (SSSR count).